The summed E-state index contributed by atoms with van der Waals surface area (Å²) in [6.45, 7) is 2.65. The second-order valence-corrected chi connectivity index (χ2v) is 4.23. The summed E-state index contributed by atoms with van der Waals surface area (Å²) in [6, 6.07) is 2.42. The molecule has 16 heavy (non-hydrogen) atoms. The molecule has 1 aromatic rings. The van der Waals surface area contributed by atoms with Crippen LogP contribution in [-0.4, -0.2) is 34.3 Å². The van der Waals surface area contributed by atoms with Crippen LogP contribution in [0.5, 0.6) is 0 Å². The van der Waals surface area contributed by atoms with Gasteiger partial charge < -0.3 is 15.7 Å². The van der Waals surface area contributed by atoms with Gasteiger partial charge >= 0.3 is 0 Å². The Balaban J connectivity index is 2.22. The minimum absolute atomic E-state index is 0.138. The van der Waals surface area contributed by atoms with Crippen LogP contribution >= 0.6 is 0 Å². The molecule has 1 heterocycles. The summed E-state index contributed by atoms with van der Waals surface area (Å²) in [6.07, 6.45) is 3.60. The Morgan fingerprint density at radius 3 is 2.75 bits per heavy atom. The molecule has 0 spiro atoms. The highest BCUT2D eigenvalue weighted by Crippen LogP contribution is 2.28. The molecule has 5 nitrogen and oxygen atoms in total. The van der Waals surface area contributed by atoms with Crippen LogP contribution in [0.25, 0.3) is 0 Å². The van der Waals surface area contributed by atoms with Gasteiger partial charge in [0.2, 0.25) is 5.95 Å². The van der Waals surface area contributed by atoms with Crippen molar-refractivity contribution in [3.05, 3.63) is 11.8 Å². The van der Waals surface area contributed by atoms with E-state index < -0.39 is 0 Å². The van der Waals surface area contributed by atoms with Gasteiger partial charge in [0.25, 0.3) is 0 Å². The maximum atomic E-state index is 9.09. The maximum Gasteiger partial charge on any atom is 0.222 e. The van der Waals surface area contributed by atoms with E-state index in [4.69, 9.17) is 10.8 Å². The van der Waals surface area contributed by atoms with Crippen molar-refractivity contribution in [1.82, 2.24) is 9.97 Å². The first-order chi connectivity index (χ1) is 7.70. The molecule has 0 unspecified atom stereocenters. The highest BCUT2D eigenvalue weighted by molar-refractivity contribution is 5.44. The fourth-order valence-corrected chi connectivity index (χ4v) is 2.01. The van der Waals surface area contributed by atoms with E-state index in [0.29, 0.717) is 18.5 Å². The van der Waals surface area contributed by atoms with Crippen molar-refractivity contribution in [2.75, 3.05) is 23.8 Å². The number of aliphatic hydroxyl groups excluding tert-OH is 1. The lowest BCUT2D eigenvalue weighted by Gasteiger charge is -2.38. The number of hydrogen-bond donors (Lipinski definition) is 2. The molecule has 1 fully saturated rings. The van der Waals surface area contributed by atoms with Gasteiger partial charge in [-0.15, -0.1) is 0 Å². The van der Waals surface area contributed by atoms with Crippen LogP contribution < -0.4 is 10.6 Å². The minimum atomic E-state index is 0.138. The largest absolute Gasteiger partial charge is 0.395 e. The first kappa shape index (κ1) is 11.1. The fraction of sp³-hybridized carbons (Fsp3) is 0.636. The van der Waals surface area contributed by atoms with E-state index in [1.54, 1.807) is 0 Å². The molecule has 0 bridgehead atoms. The van der Waals surface area contributed by atoms with Gasteiger partial charge in [-0.2, -0.15) is 4.98 Å². The third kappa shape index (κ3) is 2.24. The standard InChI is InChI=1S/C11H18N4O/c1-8-7-10(14-11(12)13-8)15(5-6-16)9-3-2-4-9/h7,9,16H,2-6H2,1H3,(H2,12,13,14). The summed E-state index contributed by atoms with van der Waals surface area (Å²) in [5, 5.41) is 9.09. The van der Waals surface area contributed by atoms with Gasteiger partial charge in [0.15, 0.2) is 0 Å². The smallest absolute Gasteiger partial charge is 0.222 e. The predicted molar refractivity (Wildman–Crippen MR) is 63.3 cm³/mol. The molecule has 0 aliphatic heterocycles. The Kier molecular flexibility index (Phi) is 3.24. The van der Waals surface area contributed by atoms with E-state index in [-0.39, 0.29) is 6.61 Å². The van der Waals surface area contributed by atoms with Crippen LogP contribution in [0.4, 0.5) is 11.8 Å². The molecule has 5 heteroatoms. The van der Waals surface area contributed by atoms with E-state index in [2.05, 4.69) is 14.9 Å². The third-order valence-corrected chi connectivity index (χ3v) is 3.01. The van der Waals surface area contributed by atoms with Crippen molar-refractivity contribution in [3.8, 4) is 0 Å². The molecule has 0 radical (unpaired) electrons. The number of rotatable bonds is 4. The van der Waals surface area contributed by atoms with Gasteiger partial charge in [0.1, 0.15) is 5.82 Å². The van der Waals surface area contributed by atoms with Crippen LogP contribution in [0.15, 0.2) is 6.07 Å². The zero-order valence-electron chi connectivity index (χ0n) is 9.56. The number of nitrogen functional groups attached to an aromatic ring is 1. The Morgan fingerprint density at radius 2 is 2.25 bits per heavy atom. The van der Waals surface area contributed by atoms with E-state index in [9.17, 15) is 0 Å². The number of anilines is 2. The molecule has 0 aromatic carbocycles. The van der Waals surface area contributed by atoms with Gasteiger partial charge in [-0.1, -0.05) is 0 Å². The normalized spacial score (nSPS) is 15.9. The third-order valence-electron chi connectivity index (χ3n) is 3.01. The number of hydrogen-bond acceptors (Lipinski definition) is 5. The Morgan fingerprint density at radius 1 is 1.50 bits per heavy atom. The fourth-order valence-electron chi connectivity index (χ4n) is 2.01. The molecule has 1 aliphatic rings. The highest BCUT2D eigenvalue weighted by Gasteiger charge is 2.25. The molecule has 1 aliphatic carbocycles. The Labute approximate surface area is 95.3 Å². The van der Waals surface area contributed by atoms with Gasteiger partial charge in [0, 0.05) is 24.3 Å². The van der Waals surface area contributed by atoms with Crippen molar-refractivity contribution >= 4 is 11.8 Å². The topological polar surface area (TPSA) is 75.3 Å². The molecule has 3 N–H and O–H groups in total. The average molecular weight is 222 g/mol. The number of aromatic nitrogens is 2. The summed E-state index contributed by atoms with van der Waals surface area (Å²) < 4.78 is 0. The number of nitrogens with zero attached hydrogens (tertiary/aromatic N) is 3. The van der Waals surface area contributed by atoms with Gasteiger partial charge in [0.05, 0.1) is 6.61 Å². The predicted octanol–water partition coefficient (Wildman–Crippen LogP) is 0.718. The van der Waals surface area contributed by atoms with Gasteiger partial charge in [-0.25, -0.2) is 4.98 Å². The van der Waals surface area contributed by atoms with Crippen molar-refractivity contribution < 1.29 is 5.11 Å². The lowest BCUT2D eigenvalue weighted by Crippen LogP contribution is -2.42. The number of aliphatic hydroxyl groups is 1. The monoisotopic (exact) mass is 222 g/mol. The van der Waals surface area contributed by atoms with Crippen LogP contribution in [0, 0.1) is 6.92 Å². The summed E-state index contributed by atoms with van der Waals surface area (Å²) >= 11 is 0. The Bertz CT molecular complexity index is 345. The summed E-state index contributed by atoms with van der Waals surface area (Å²) in [4.78, 5) is 10.4. The summed E-state index contributed by atoms with van der Waals surface area (Å²) in [5.74, 6) is 1.14. The lowest BCUT2D eigenvalue weighted by atomic mass is 9.91. The quantitative estimate of drug-likeness (QED) is 0.785. The first-order valence-electron chi connectivity index (χ1n) is 5.69. The van der Waals surface area contributed by atoms with Crippen LogP contribution in [0.2, 0.25) is 0 Å². The molecule has 0 saturated heterocycles. The molecule has 0 amide bonds. The molecule has 1 aromatic heterocycles. The van der Waals surface area contributed by atoms with Crippen LogP contribution in [0.3, 0.4) is 0 Å². The van der Waals surface area contributed by atoms with Crippen molar-refractivity contribution in [1.29, 1.82) is 0 Å². The second-order valence-electron chi connectivity index (χ2n) is 4.23. The van der Waals surface area contributed by atoms with Crippen molar-refractivity contribution in [2.24, 2.45) is 0 Å². The number of nitrogens with two attached hydrogens (primary N) is 1. The van der Waals surface area contributed by atoms with Crippen molar-refractivity contribution in [2.45, 2.75) is 32.2 Å². The summed E-state index contributed by atoms with van der Waals surface area (Å²) in [7, 11) is 0. The average Bonchev–Trinajstić information content (AvgIpc) is 2.12. The SMILES string of the molecule is Cc1cc(N(CCO)C2CCC2)nc(N)n1. The summed E-state index contributed by atoms with van der Waals surface area (Å²) in [5.41, 5.74) is 6.51. The number of aryl methyl sites for hydroxylation is 1. The van der Waals surface area contributed by atoms with Gasteiger partial charge in [-0.05, 0) is 26.2 Å². The van der Waals surface area contributed by atoms with E-state index in [1.807, 2.05) is 13.0 Å². The van der Waals surface area contributed by atoms with E-state index in [0.717, 1.165) is 11.5 Å². The first-order valence-corrected chi connectivity index (χ1v) is 5.69. The molecule has 0 atom stereocenters. The van der Waals surface area contributed by atoms with E-state index in [1.165, 1.54) is 19.3 Å². The zero-order valence-corrected chi connectivity index (χ0v) is 9.56. The molecular weight excluding hydrogens is 204 g/mol. The molecule has 1 saturated carbocycles. The minimum Gasteiger partial charge on any atom is -0.395 e. The molecule has 2 rings (SSSR count). The van der Waals surface area contributed by atoms with E-state index >= 15 is 0 Å². The van der Waals surface area contributed by atoms with Crippen LogP contribution in [-0.2, 0) is 0 Å². The molecule has 88 valence electrons. The van der Waals surface area contributed by atoms with Crippen molar-refractivity contribution in [3.63, 3.8) is 0 Å². The molecular formula is C11H18N4O. The van der Waals surface area contributed by atoms with Crippen LogP contribution in [0.1, 0.15) is 25.0 Å². The van der Waals surface area contributed by atoms with Gasteiger partial charge in [-0.3, -0.25) is 0 Å². The highest BCUT2D eigenvalue weighted by atomic mass is 16.3. The maximum absolute atomic E-state index is 9.09. The zero-order chi connectivity index (χ0) is 11.5. The second kappa shape index (κ2) is 4.65. The lowest BCUT2D eigenvalue weighted by molar-refractivity contribution is 0.283. The Hall–Kier alpha value is -1.36.